The van der Waals surface area contributed by atoms with Gasteiger partial charge in [0.25, 0.3) is 0 Å². The van der Waals surface area contributed by atoms with E-state index in [9.17, 15) is 32.7 Å². The number of alkyl halides is 3. The van der Waals surface area contributed by atoms with Gasteiger partial charge in [-0.2, -0.15) is 13.2 Å². The van der Waals surface area contributed by atoms with Gasteiger partial charge in [0.05, 0.1) is 25.2 Å². The summed E-state index contributed by atoms with van der Waals surface area (Å²) in [6, 6.07) is 11.9. The Balaban J connectivity index is 1.81. The fourth-order valence-electron chi connectivity index (χ4n) is 2.92. The molecular formula is C23H25F3N2O6. The molecule has 0 aromatic heterocycles. The van der Waals surface area contributed by atoms with Gasteiger partial charge in [0, 0.05) is 13.0 Å². The maximum absolute atomic E-state index is 12.7. The third kappa shape index (κ3) is 9.10. The average Bonchev–Trinajstić information content (AvgIpc) is 2.80. The number of amides is 2. The van der Waals surface area contributed by atoms with Crippen LogP contribution in [0.1, 0.15) is 23.1 Å². The zero-order valence-electron chi connectivity index (χ0n) is 18.3. The van der Waals surface area contributed by atoms with Crippen molar-refractivity contribution in [2.45, 2.75) is 37.8 Å². The lowest BCUT2D eigenvalue weighted by molar-refractivity contribution is -0.145. The van der Waals surface area contributed by atoms with E-state index in [2.05, 4.69) is 15.4 Å². The number of benzene rings is 2. The number of hydrogen-bond acceptors (Lipinski definition) is 6. The van der Waals surface area contributed by atoms with Crippen LogP contribution in [0, 0.1) is 0 Å². The first-order chi connectivity index (χ1) is 16.1. The van der Waals surface area contributed by atoms with Crippen LogP contribution >= 0.6 is 0 Å². The van der Waals surface area contributed by atoms with Gasteiger partial charge in [0.1, 0.15) is 12.6 Å². The summed E-state index contributed by atoms with van der Waals surface area (Å²) in [5.74, 6) is -1.51. The summed E-state index contributed by atoms with van der Waals surface area (Å²) < 4.78 is 47.7. The van der Waals surface area contributed by atoms with Crippen molar-refractivity contribution in [2.75, 3.05) is 13.7 Å². The lowest BCUT2D eigenvalue weighted by atomic mass is 10.0. The Morgan fingerprint density at radius 1 is 1.00 bits per heavy atom. The van der Waals surface area contributed by atoms with Gasteiger partial charge in [-0.3, -0.25) is 4.79 Å². The second kappa shape index (κ2) is 12.6. The minimum absolute atomic E-state index is 0.0357. The van der Waals surface area contributed by atoms with Crippen molar-refractivity contribution in [1.82, 2.24) is 10.6 Å². The first kappa shape index (κ1) is 26.7. The molecule has 0 heterocycles. The van der Waals surface area contributed by atoms with Crippen LogP contribution < -0.4 is 10.6 Å². The number of aliphatic hydroxyl groups is 1. The Kier molecular flexibility index (Phi) is 9.87. The number of ether oxygens (including phenoxy) is 2. The molecule has 0 aliphatic carbocycles. The van der Waals surface area contributed by atoms with Gasteiger partial charge in [-0.15, -0.1) is 0 Å². The molecule has 0 bridgehead atoms. The fraction of sp³-hybridized carbons (Fsp3) is 0.348. The Labute approximate surface area is 194 Å². The number of hydrogen-bond donors (Lipinski definition) is 3. The molecule has 11 heteroatoms. The van der Waals surface area contributed by atoms with Crippen molar-refractivity contribution < 1.29 is 42.1 Å². The molecule has 0 saturated carbocycles. The fourth-order valence-corrected chi connectivity index (χ4v) is 2.92. The van der Waals surface area contributed by atoms with E-state index in [4.69, 9.17) is 4.74 Å². The molecule has 2 amide bonds. The second-order valence-corrected chi connectivity index (χ2v) is 7.34. The molecule has 184 valence electrons. The first-order valence-corrected chi connectivity index (χ1v) is 10.2. The van der Waals surface area contributed by atoms with Gasteiger partial charge in [0.2, 0.25) is 5.91 Å². The van der Waals surface area contributed by atoms with Crippen molar-refractivity contribution in [3.63, 3.8) is 0 Å². The summed E-state index contributed by atoms with van der Waals surface area (Å²) in [6.07, 6.45) is -7.10. The SMILES string of the molecule is COC(=O)[C@@H](Cc1ccc(C(F)(F)F)cc1)NC(=O)C[C@H](O)CNC(=O)OCc1ccccc1. The summed E-state index contributed by atoms with van der Waals surface area (Å²) in [5, 5.41) is 14.7. The molecular weight excluding hydrogens is 457 g/mol. The van der Waals surface area contributed by atoms with Gasteiger partial charge in [-0.1, -0.05) is 42.5 Å². The Morgan fingerprint density at radius 3 is 2.24 bits per heavy atom. The quantitative estimate of drug-likeness (QED) is 0.449. The highest BCUT2D eigenvalue weighted by molar-refractivity contribution is 5.85. The first-order valence-electron chi connectivity index (χ1n) is 10.2. The molecule has 34 heavy (non-hydrogen) atoms. The zero-order valence-corrected chi connectivity index (χ0v) is 18.3. The molecule has 8 nitrogen and oxygen atoms in total. The minimum atomic E-state index is -4.49. The normalized spacial score (nSPS) is 12.9. The number of rotatable bonds is 10. The highest BCUT2D eigenvalue weighted by atomic mass is 19.4. The highest BCUT2D eigenvalue weighted by Gasteiger charge is 2.30. The topological polar surface area (TPSA) is 114 Å². The van der Waals surface area contributed by atoms with E-state index in [1.165, 1.54) is 12.1 Å². The van der Waals surface area contributed by atoms with Crippen molar-refractivity contribution >= 4 is 18.0 Å². The predicted molar refractivity (Wildman–Crippen MR) is 114 cm³/mol. The van der Waals surface area contributed by atoms with E-state index in [1.807, 2.05) is 6.07 Å². The smallest absolute Gasteiger partial charge is 0.416 e. The summed E-state index contributed by atoms with van der Waals surface area (Å²) >= 11 is 0. The highest BCUT2D eigenvalue weighted by Crippen LogP contribution is 2.29. The van der Waals surface area contributed by atoms with Crippen LogP contribution in [0.3, 0.4) is 0 Å². The summed E-state index contributed by atoms with van der Waals surface area (Å²) in [7, 11) is 1.11. The van der Waals surface area contributed by atoms with Crippen LogP contribution in [0.4, 0.5) is 18.0 Å². The number of aliphatic hydroxyl groups excluding tert-OH is 1. The van der Waals surface area contributed by atoms with Crippen molar-refractivity contribution in [3.8, 4) is 0 Å². The number of esters is 1. The largest absolute Gasteiger partial charge is 0.467 e. The molecule has 0 fully saturated rings. The second-order valence-electron chi connectivity index (χ2n) is 7.34. The summed E-state index contributed by atoms with van der Waals surface area (Å²) in [6.45, 7) is -0.239. The maximum atomic E-state index is 12.7. The van der Waals surface area contributed by atoms with Crippen molar-refractivity contribution in [1.29, 1.82) is 0 Å². The molecule has 0 aliphatic heterocycles. The number of nitrogens with one attached hydrogen (secondary N) is 2. The molecule has 2 rings (SSSR count). The monoisotopic (exact) mass is 482 g/mol. The summed E-state index contributed by atoms with van der Waals surface area (Å²) in [4.78, 5) is 36.0. The Morgan fingerprint density at radius 2 is 1.65 bits per heavy atom. The molecule has 0 unspecified atom stereocenters. The van der Waals surface area contributed by atoms with E-state index >= 15 is 0 Å². The standard InChI is InChI=1S/C23H25F3N2O6/c1-33-21(31)19(11-15-7-9-17(10-8-15)23(24,25)26)28-20(30)12-18(29)13-27-22(32)34-14-16-5-3-2-4-6-16/h2-10,18-19,29H,11-14H2,1H3,(H,27,32)(H,28,30)/t18-,19+/m0/s1. The van der Waals surface area contributed by atoms with Crippen molar-refractivity contribution in [2.24, 2.45) is 0 Å². The average molecular weight is 482 g/mol. The van der Waals surface area contributed by atoms with Gasteiger partial charge in [-0.25, -0.2) is 9.59 Å². The minimum Gasteiger partial charge on any atom is -0.467 e. The molecule has 0 radical (unpaired) electrons. The Hall–Kier alpha value is -3.60. The van der Waals surface area contributed by atoms with Gasteiger partial charge in [-0.05, 0) is 23.3 Å². The van der Waals surface area contributed by atoms with Crippen molar-refractivity contribution in [3.05, 3.63) is 71.3 Å². The number of alkyl carbamates (subject to hydrolysis) is 1. The molecule has 0 saturated heterocycles. The lowest BCUT2D eigenvalue weighted by Gasteiger charge is -2.18. The lowest BCUT2D eigenvalue weighted by Crippen LogP contribution is -2.45. The van der Waals surface area contributed by atoms with Crippen LogP contribution in [0.25, 0.3) is 0 Å². The molecule has 2 atom stereocenters. The van der Waals surface area contributed by atoms with E-state index < -0.39 is 48.3 Å². The third-order valence-corrected chi connectivity index (χ3v) is 4.66. The van der Waals surface area contributed by atoms with E-state index in [-0.39, 0.29) is 19.6 Å². The van der Waals surface area contributed by atoms with Crippen LogP contribution in [-0.2, 0) is 38.3 Å². The number of carbonyl (C=O) groups is 3. The number of methoxy groups -OCH3 is 1. The summed E-state index contributed by atoms with van der Waals surface area (Å²) in [5.41, 5.74) is 0.305. The number of halogens is 3. The van der Waals surface area contributed by atoms with Crippen LogP contribution in [-0.4, -0.2) is 48.9 Å². The third-order valence-electron chi connectivity index (χ3n) is 4.66. The molecule has 2 aromatic rings. The number of carbonyl (C=O) groups excluding carboxylic acids is 3. The van der Waals surface area contributed by atoms with Crippen LogP contribution in [0.5, 0.6) is 0 Å². The van der Waals surface area contributed by atoms with Crippen LogP contribution in [0.2, 0.25) is 0 Å². The zero-order chi connectivity index (χ0) is 25.1. The molecule has 2 aromatic carbocycles. The molecule has 0 spiro atoms. The predicted octanol–water partition coefficient (Wildman–Crippen LogP) is 2.58. The van der Waals surface area contributed by atoms with Gasteiger partial charge < -0.3 is 25.2 Å². The van der Waals surface area contributed by atoms with Gasteiger partial charge in [0.15, 0.2) is 0 Å². The van der Waals surface area contributed by atoms with Crippen LogP contribution in [0.15, 0.2) is 54.6 Å². The molecule has 3 N–H and O–H groups in total. The van der Waals surface area contributed by atoms with E-state index in [0.717, 1.165) is 24.8 Å². The van der Waals surface area contributed by atoms with Gasteiger partial charge >= 0.3 is 18.2 Å². The van der Waals surface area contributed by atoms with E-state index in [1.54, 1.807) is 24.3 Å². The maximum Gasteiger partial charge on any atom is 0.416 e. The van der Waals surface area contributed by atoms with E-state index in [0.29, 0.717) is 5.56 Å². The Bertz CT molecular complexity index is 951. The molecule has 0 aliphatic rings.